The molecule has 4 rings (SSSR count). The van der Waals surface area contributed by atoms with Crippen molar-refractivity contribution in [2.24, 2.45) is 5.92 Å². The molecule has 2 amide bonds. The highest BCUT2D eigenvalue weighted by Gasteiger charge is 2.29. The summed E-state index contributed by atoms with van der Waals surface area (Å²) in [6, 6.07) is 10.9. The lowest BCUT2D eigenvalue weighted by atomic mass is 9.90. The lowest BCUT2D eigenvalue weighted by Crippen LogP contribution is -2.41. The molecule has 2 fully saturated rings. The normalized spacial score (nSPS) is 19.2. The first kappa shape index (κ1) is 20.1. The second kappa shape index (κ2) is 9.07. The van der Waals surface area contributed by atoms with Gasteiger partial charge in [0.1, 0.15) is 0 Å². The zero-order valence-electron chi connectivity index (χ0n) is 16.3. The van der Waals surface area contributed by atoms with Crippen LogP contribution in [0.25, 0.3) is 0 Å². The van der Waals surface area contributed by atoms with Gasteiger partial charge in [-0.2, -0.15) is 0 Å². The minimum absolute atomic E-state index is 0.0144. The van der Waals surface area contributed by atoms with Gasteiger partial charge in [0.15, 0.2) is 0 Å². The van der Waals surface area contributed by atoms with Gasteiger partial charge in [-0.15, -0.1) is 11.3 Å². The number of piperidine rings is 1. The molecule has 6 nitrogen and oxygen atoms in total. The Kier molecular flexibility index (Phi) is 6.28. The summed E-state index contributed by atoms with van der Waals surface area (Å²) in [5.41, 5.74) is 1.20. The van der Waals surface area contributed by atoms with E-state index in [0.29, 0.717) is 50.5 Å². The van der Waals surface area contributed by atoms with Crippen LogP contribution in [0.15, 0.2) is 41.8 Å². The summed E-state index contributed by atoms with van der Waals surface area (Å²) >= 11 is 1.57. The van der Waals surface area contributed by atoms with E-state index in [2.05, 4.69) is 0 Å². The topological polar surface area (TPSA) is 70.1 Å². The van der Waals surface area contributed by atoms with Gasteiger partial charge in [0, 0.05) is 42.2 Å². The number of amides is 2. The van der Waals surface area contributed by atoms with Crippen LogP contribution in [0.1, 0.15) is 44.5 Å². The average Bonchev–Trinajstić information content (AvgIpc) is 3.33. The molecular formula is C22H26N2O4S. The number of ether oxygens (including phenoxy) is 1. The van der Waals surface area contributed by atoms with Crippen LogP contribution in [0.3, 0.4) is 0 Å². The molecule has 1 atom stereocenters. The number of hydrogen-bond donors (Lipinski definition) is 1. The molecule has 0 radical (unpaired) electrons. The molecule has 0 saturated carbocycles. The number of morpholine rings is 1. The van der Waals surface area contributed by atoms with Crippen LogP contribution in [0.2, 0.25) is 0 Å². The molecule has 1 aromatic heterocycles. The first-order valence-electron chi connectivity index (χ1n) is 10.1. The van der Waals surface area contributed by atoms with E-state index < -0.39 is 6.10 Å². The molecule has 29 heavy (non-hydrogen) atoms. The smallest absolute Gasteiger partial charge is 0.254 e. The van der Waals surface area contributed by atoms with Crippen molar-refractivity contribution in [3.63, 3.8) is 0 Å². The van der Waals surface area contributed by atoms with Crippen LogP contribution in [0.5, 0.6) is 0 Å². The molecule has 1 unspecified atom stereocenters. The van der Waals surface area contributed by atoms with Gasteiger partial charge in [0.05, 0.1) is 19.3 Å². The van der Waals surface area contributed by atoms with Crippen molar-refractivity contribution in [3.8, 4) is 0 Å². The van der Waals surface area contributed by atoms with Crippen molar-refractivity contribution in [1.29, 1.82) is 0 Å². The van der Waals surface area contributed by atoms with Gasteiger partial charge in [0.25, 0.3) is 11.8 Å². The van der Waals surface area contributed by atoms with Crippen molar-refractivity contribution >= 4 is 23.2 Å². The predicted molar refractivity (Wildman–Crippen MR) is 111 cm³/mol. The fraction of sp³-hybridized carbons (Fsp3) is 0.455. The summed E-state index contributed by atoms with van der Waals surface area (Å²) in [4.78, 5) is 30.0. The van der Waals surface area contributed by atoms with Crippen molar-refractivity contribution in [3.05, 3.63) is 57.8 Å². The van der Waals surface area contributed by atoms with E-state index in [1.54, 1.807) is 40.5 Å². The lowest BCUT2D eigenvalue weighted by Gasteiger charge is -2.34. The van der Waals surface area contributed by atoms with E-state index in [0.717, 1.165) is 17.7 Å². The van der Waals surface area contributed by atoms with Crippen LogP contribution in [0, 0.1) is 5.92 Å². The summed E-state index contributed by atoms with van der Waals surface area (Å²) in [5.74, 6) is 0.154. The third kappa shape index (κ3) is 4.52. The van der Waals surface area contributed by atoms with E-state index >= 15 is 0 Å². The molecule has 0 bridgehead atoms. The fourth-order valence-corrected chi connectivity index (χ4v) is 4.80. The van der Waals surface area contributed by atoms with Crippen molar-refractivity contribution < 1.29 is 19.4 Å². The summed E-state index contributed by atoms with van der Waals surface area (Å²) in [7, 11) is 0. The van der Waals surface area contributed by atoms with Crippen LogP contribution < -0.4 is 0 Å². The van der Waals surface area contributed by atoms with E-state index in [1.807, 2.05) is 22.4 Å². The molecule has 1 aromatic carbocycles. The molecular weight excluding hydrogens is 388 g/mol. The number of rotatable bonds is 4. The van der Waals surface area contributed by atoms with E-state index in [1.165, 1.54) is 0 Å². The monoisotopic (exact) mass is 414 g/mol. The number of thiophene rings is 1. The second-order valence-corrected chi connectivity index (χ2v) is 8.55. The third-order valence-electron chi connectivity index (χ3n) is 5.79. The molecule has 154 valence electrons. The van der Waals surface area contributed by atoms with Gasteiger partial charge in [-0.3, -0.25) is 9.59 Å². The number of nitrogens with zero attached hydrogens (tertiary/aromatic N) is 2. The maximum absolute atomic E-state index is 12.8. The van der Waals surface area contributed by atoms with Crippen LogP contribution in [-0.2, 0) is 4.74 Å². The van der Waals surface area contributed by atoms with Crippen LogP contribution in [-0.4, -0.2) is 66.1 Å². The van der Waals surface area contributed by atoms with Gasteiger partial charge in [-0.05, 0) is 54.5 Å². The van der Waals surface area contributed by atoms with Gasteiger partial charge in [0.2, 0.25) is 0 Å². The van der Waals surface area contributed by atoms with Crippen LogP contribution in [0.4, 0.5) is 0 Å². The third-order valence-corrected chi connectivity index (χ3v) is 6.73. The average molecular weight is 415 g/mol. The molecule has 2 aliphatic rings. The Labute approximate surface area is 174 Å². The van der Waals surface area contributed by atoms with Gasteiger partial charge in [-0.1, -0.05) is 6.07 Å². The van der Waals surface area contributed by atoms with E-state index in [9.17, 15) is 14.7 Å². The number of benzene rings is 1. The second-order valence-electron chi connectivity index (χ2n) is 7.57. The van der Waals surface area contributed by atoms with Crippen molar-refractivity contribution in [1.82, 2.24) is 9.80 Å². The largest absolute Gasteiger partial charge is 0.387 e. The molecule has 1 N–H and O–H groups in total. The van der Waals surface area contributed by atoms with Gasteiger partial charge < -0.3 is 19.6 Å². The molecule has 2 aliphatic heterocycles. The highest BCUT2D eigenvalue weighted by molar-refractivity contribution is 7.10. The molecule has 0 spiro atoms. The Hall–Kier alpha value is -2.22. The highest BCUT2D eigenvalue weighted by Crippen LogP contribution is 2.33. The Morgan fingerprint density at radius 3 is 2.00 bits per heavy atom. The number of hydrogen-bond acceptors (Lipinski definition) is 5. The van der Waals surface area contributed by atoms with E-state index in [4.69, 9.17) is 4.74 Å². The standard InChI is InChI=1S/C22H26N2O4S/c25-20(19-2-1-15-29-19)16-7-9-23(10-8-16)21(26)17-3-5-18(6-4-17)22(27)24-11-13-28-14-12-24/h1-6,15-16,20,25H,7-14H2. The minimum Gasteiger partial charge on any atom is -0.387 e. The fourth-order valence-electron chi connectivity index (χ4n) is 4.00. The van der Waals surface area contributed by atoms with Gasteiger partial charge in [-0.25, -0.2) is 0 Å². The quantitative estimate of drug-likeness (QED) is 0.835. The number of carbonyl (C=O) groups excluding carboxylic acids is 2. The SMILES string of the molecule is O=C(c1ccc(C(=O)N2CCC(C(O)c3cccs3)CC2)cc1)N1CCOCC1. The predicted octanol–water partition coefficient (Wildman–Crippen LogP) is 2.81. The molecule has 2 aromatic rings. The Morgan fingerprint density at radius 1 is 0.931 bits per heavy atom. The Bertz CT molecular complexity index is 823. The zero-order chi connectivity index (χ0) is 20.2. The van der Waals surface area contributed by atoms with Gasteiger partial charge >= 0.3 is 0 Å². The highest BCUT2D eigenvalue weighted by atomic mass is 32.1. The number of aliphatic hydroxyl groups excluding tert-OH is 1. The Balaban J connectivity index is 1.33. The summed E-state index contributed by atoms with van der Waals surface area (Å²) in [5, 5.41) is 12.5. The lowest BCUT2D eigenvalue weighted by molar-refractivity contribution is 0.0302. The summed E-state index contributed by atoms with van der Waals surface area (Å²) in [6.07, 6.45) is 1.13. The van der Waals surface area contributed by atoms with Crippen molar-refractivity contribution in [2.45, 2.75) is 18.9 Å². The summed E-state index contributed by atoms with van der Waals surface area (Å²) < 4.78 is 5.29. The van der Waals surface area contributed by atoms with Crippen molar-refractivity contribution in [2.75, 3.05) is 39.4 Å². The first-order chi connectivity index (χ1) is 14.1. The minimum atomic E-state index is -0.447. The number of carbonyl (C=O) groups is 2. The first-order valence-corrected chi connectivity index (χ1v) is 11.0. The van der Waals surface area contributed by atoms with Crippen LogP contribution >= 0.6 is 11.3 Å². The molecule has 3 heterocycles. The zero-order valence-corrected chi connectivity index (χ0v) is 17.1. The molecule has 0 aliphatic carbocycles. The maximum atomic E-state index is 12.8. The summed E-state index contributed by atoms with van der Waals surface area (Å²) in [6.45, 7) is 3.62. The van der Waals surface area contributed by atoms with E-state index in [-0.39, 0.29) is 17.7 Å². The number of aliphatic hydroxyl groups is 1. The Morgan fingerprint density at radius 2 is 1.48 bits per heavy atom. The molecule has 2 saturated heterocycles. The number of likely N-dealkylation sites (tertiary alicyclic amines) is 1. The maximum Gasteiger partial charge on any atom is 0.254 e. The molecule has 7 heteroatoms.